The fraction of sp³-hybridized carbons (Fsp3) is 0.375. The maximum absolute atomic E-state index is 12.9. The number of hydrogen-bond acceptors (Lipinski definition) is 4. The zero-order valence-electron chi connectivity index (χ0n) is 12.4. The largest absolute Gasteiger partial charge is 0.439 e. The molecule has 0 spiro atoms. The Morgan fingerprint density at radius 1 is 1.10 bits per heavy atom. The maximum atomic E-state index is 12.9. The van der Waals surface area contributed by atoms with Crippen molar-refractivity contribution in [2.24, 2.45) is 0 Å². The molecule has 0 aliphatic rings. The van der Waals surface area contributed by atoms with E-state index in [4.69, 9.17) is 4.74 Å². The van der Waals surface area contributed by atoms with Crippen LogP contribution in [-0.2, 0) is 6.42 Å². The molecule has 0 bridgehead atoms. The molecule has 0 radical (unpaired) electrons. The average molecular weight is 289 g/mol. The van der Waals surface area contributed by atoms with Gasteiger partial charge in [-0.1, -0.05) is 20.3 Å². The van der Waals surface area contributed by atoms with E-state index in [1.54, 1.807) is 12.1 Å². The van der Waals surface area contributed by atoms with Crippen LogP contribution in [0.5, 0.6) is 11.6 Å². The molecule has 0 saturated heterocycles. The smallest absolute Gasteiger partial charge is 0.227 e. The molecule has 0 aliphatic carbocycles. The van der Waals surface area contributed by atoms with Gasteiger partial charge in [0.15, 0.2) is 0 Å². The van der Waals surface area contributed by atoms with Crippen LogP contribution in [0, 0.1) is 5.82 Å². The molecule has 0 fully saturated rings. The highest BCUT2D eigenvalue weighted by molar-refractivity contribution is 5.49. The number of benzene rings is 1. The quantitative estimate of drug-likeness (QED) is 0.830. The number of nitrogens with one attached hydrogen (secondary N) is 1. The summed E-state index contributed by atoms with van der Waals surface area (Å²) in [7, 11) is 0. The standard InChI is InChI=1S/C16H20FN3O/c1-3-5-14-15(18-10-4-2)19-11-20-16(14)21-13-8-6-12(17)7-9-13/h6-9,11H,3-5,10H2,1-2H3,(H,18,19,20). The minimum atomic E-state index is -0.288. The van der Waals surface area contributed by atoms with E-state index in [1.807, 2.05) is 0 Å². The van der Waals surface area contributed by atoms with E-state index in [1.165, 1.54) is 18.5 Å². The van der Waals surface area contributed by atoms with E-state index in [2.05, 4.69) is 29.1 Å². The van der Waals surface area contributed by atoms with Gasteiger partial charge in [0.1, 0.15) is 23.7 Å². The van der Waals surface area contributed by atoms with E-state index >= 15 is 0 Å². The van der Waals surface area contributed by atoms with Gasteiger partial charge in [-0.15, -0.1) is 0 Å². The Balaban J connectivity index is 2.26. The molecule has 21 heavy (non-hydrogen) atoms. The summed E-state index contributed by atoms with van der Waals surface area (Å²) in [6.07, 6.45) is 4.29. The van der Waals surface area contributed by atoms with Crippen LogP contribution >= 0.6 is 0 Å². The number of anilines is 1. The van der Waals surface area contributed by atoms with Crippen molar-refractivity contribution in [3.8, 4) is 11.6 Å². The zero-order chi connectivity index (χ0) is 15.1. The van der Waals surface area contributed by atoms with Crippen molar-refractivity contribution >= 4 is 5.82 Å². The van der Waals surface area contributed by atoms with Crippen molar-refractivity contribution < 1.29 is 9.13 Å². The fourth-order valence-corrected chi connectivity index (χ4v) is 1.97. The van der Waals surface area contributed by atoms with Crippen molar-refractivity contribution in [3.05, 3.63) is 42.0 Å². The lowest BCUT2D eigenvalue weighted by molar-refractivity contribution is 0.453. The van der Waals surface area contributed by atoms with E-state index < -0.39 is 0 Å². The van der Waals surface area contributed by atoms with Crippen molar-refractivity contribution in [2.75, 3.05) is 11.9 Å². The molecule has 4 nitrogen and oxygen atoms in total. The summed E-state index contributed by atoms with van der Waals surface area (Å²) in [5.74, 6) is 1.61. The van der Waals surface area contributed by atoms with Gasteiger partial charge in [0, 0.05) is 6.54 Å². The second kappa shape index (κ2) is 7.57. The van der Waals surface area contributed by atoms with Crippen LogP contribution in [0.1, 0.15) is 32.3 Å². The third kappa shape index (κ3) is 4.15. The lowest BCUT2D eigenvalue weighted by Gasteiger charge is -2.14. The van der Waals surface area contributed by atoms with Crippen molar-refractivity contribution in [1.82, 2.24) is 9.97 Å². The number of hydrogen-bond donors (Lipinski definition) is 1. The first kappa shape index (κ1) is 15.2. The molecular formula is C16H20FN3O. The van der Waals surface area contributed by atoms with Crippen LogP contribution in [-0.4, -0.2) is 16.5 Å². The second-order valence-corrected chi connectivity index (χ2v) is 4.74. The van der Waals surface area contributed by atoms with Gasteiger partial charge in [-0.05, 0) is 37.1 Å². The molecule has 0 saturated carbocycles. The summed E-state index contributed by atoms with van der Waals surface area (Å²) < 4.78 is 18.7. The summed E-state index contributed by atoms with van der Waals surface area (Å²) >= 11 is 0. The summed E-state index contributed by atoms with van der Waals surface area (Å²) in [6, 6.07) is 5.91. The first-order valence-corrected chi connectivity index (χ1v) is 7.25. The summed E-state index contributed by atoms with van der Waals surface area (Å²) in [5.41, 5.74) is 0.956. The van der Waals surface area contributed by atoms with Gasteiger partial charge in [-0.3, -0.25) is 0 Å². The number of aromatic nitrogens is 2. The predicted octanol–water partition coefficient (Wildman–Crippen LogP) is 4.18. The topological polar surface area (TPSA) is 47.0 Å². The lowest BCUT2D eigenvalue weighted by Crippen LogP contribution is -2.07. The van der Waals surface area contributed by atoms with Crippen molar-refractivity contribution in [3.63, 3.8) is 0 Å². The Bertz CT molecular complexity index is 572. The van der Waals surface area contributed by atoms with Gasteiger partial charge >= 0.3 is 0 Å². The summed E-state index contributed by atoms with van der Waals surface area (Å²) in [5, 5.41) is 3.29. The van der Waals surface area contributed by atoms with Gasteiger partial charge < -0.3 is 10.1 Å². The van der Waals surface area contributed by atoms with Crippen LogP contribution in [0.3, 0.4) is 0 Å². The molecule has 0 atom stereocenters. The minimum absolute atomic E-state index is 0.288. The lowest BCUT2D eigenvalue weighted by atomic mass is 10.1. The van der Waals surface area contributed by atoms with Gasteiger partial charge in [-0.25, -0.2) is 14.4 Å². The molecule has 1 aromatic heterocycles. The first-order valence-electron chi connectivity index (χ1n) is 7.25. The van der Waals surface area contributed by atoms with Crippen molar-refractivity contribution in [1.29, 1.82) is 0 Å². The van der Waals surface area contributed by atoms with E-state index in [0.717, 1.165) is 37.2 Å². The molecule has 0 amide bonds. The van der Waals surface area contributed by atoms with Crippen molar-refractivity contribution in [2.45, 2.75) is 33.1 Å². The molecule has 1 aromatic carbocycles. The highest BCUT2D eigenvalue weighted by atomic mass is 19.1. The number of ether oxygens (including phenoxy) is 1. The molecule has 112 valence electrons. The molecule has 1 N–H and O–H groups in total. The Hall–Kier alpha value is -2.17. The SMILES string of the molecule is CCCNc1ncnc(Oc2ccc(F)cc2)c1CCC. The zero-order valence-corrected chi connectivity index (χ0v) is 12.4. The average Bonchev–Trinajstić information content (AvgIpc) is 2.50. The number of rotatable bonds is 7. The highest BCUT2D eigenvalue weighted by Gasteiger charge is 2.12. The van der Waals surface area contributed by atoms with Crippen LogP contribution in [0.2, 0.25) is 0 Å². The number of nitrogens with zero attached hydrogens (tertiary/aromatic N) is 2. The van der Waals surface area contributed by atoms with Crippen LogP contribution in [0.25, 0.3) is 0 Å². The molecule has 0 aliphatic heterocycles. The molecule has 1 heterocycles. The molecule has 0 unspecified atom stereocenters. The Kier molecular flexibility index (Phi) is 5.49. The van der Waals surface area contributed by atoms with E-state index in [9.17, 15) is 4.39 Å². The predicted molar refractivity (Wildman–Crippen MR) is 81.3 cm³/mol. The van der Waals surface area contributed by atoms with Gasteiger partial charge in [0.2, 0.25) is 5.88 Å². The Morgan fingerprint density at radius 3 is 2.52 bits per heavy atom. The third-order valence-electron chi connectivity index (χ3n) is 2.98. The van der Waals surface area contributed by atoms with E-state index in [0.29, 0.717) is 11.6 Å². The van der Waals surface area contributed by atoms with Gasteiger partial charge in [0.05, 0.1) is 5.56 Å². The minimum Gasteiger partial charge on any atom is -0.439 e. The summed E-state index contributed by atoms with van der Waals surface area (Å²) in [4.78, 5) is 8.51. The van der Waals surface area contributed by atoms with Crippen LogP contribution in [0.15, 0.2) is 30.6 Å². The summed E-state index contributed by atoms with van der Waals surface area (Å²) in [6.45, 7) is 5.05. The normalized spacial score (nSPS) is 10.4. The first-order chi connectivity index (χ1) is 10.2. The fourth-order valence-electron chi connectivity index (χ4n) is 1.97. The molecule has 2 aromatic rings. The monoisotopic (exact) mass is 289 g/mol. The van der Waals surface area contributed by atoms with E-state index in [-0.39, 0.29) is 5.82 Å². The third-order valence-corrected chi connectivity index (χ3v) is 2.98. The molecule has 5 heteroatoms. The molecular weight excluding hydrogens is 269 g/mol. The van der Waals surface area contributed by atoms with Crippen LogP contribution in [0.4, 0.5) is 10.2 Å². The highest BCUT2D eigenvalue weighted by Crippen LogP contribution is 2.28. The second-order valence-electron chi connectivity index (χ2n) is 4.74. The van der Waals surface area contributed by atoms with Crippen LogP contribution < -0.4 is 10.1 Å². The maximum Gasteiger partial charge on any atom is 0.227 e. The Labute approximate surface area is 124 Å². The molecule has 2 rings (SSSR count). The van der Waals surface area contributed by atoms with Gasteiger partial charge in [-0.2, -0.15) is 0 Å². The Morgan fingerprint density at radius 2 is 1.86 bits per heavy atom. The number of halogens is 1. The van der Waals surface area contributed by atoms with Gasteiger partial charge in [0.25, 0.3) is 0 Å².